The lowest BCUT2D eigenvalue weighted by molar-refractivity contribution is -0.137. The van der Waals surface area contributed by atoms with E-state index in [9.17, 15) is 9.59 Å². The molecule has 1 saturated heterocycles. The molecular weight excluding hydrogens is 490 g/mol. The summed E-state index contributed by atoms with van der Waals surface area (Å²) >= 11 is 7.33. The first-order chi connectivity index (χ1) is 17.3. The zero-order chi connectivity index (χ0) is 25.3. The highest BCUT2D eigenvalue weighted by Crippen LogP contribution is 2.32. The number of carbonyl (C=O) groups is 1. The molecule has 7 heteroatoms. The fourth-order valence-electron chi connectivity index (χ4n) is 5.12. The van der Waals surface area contributed by atoms with Crippen LogP contribution in [0.1, 0.15) is 25.3 Å². The van der Waals surface area contributed by atoms with Crippen LogP contribution in [0.4, 0.5) is 0 Å². The normalized spacial score (nSPS) is 15.8. The zero-order valence-electron chi connectivity index (χ0n) is 20.6. The lowest BCUT2D eigenvalue weighted by Crippen LogP contribution is -2.52. The molecule has 1 aliphatic heterocycles. The molecule has 0 bridgehead atoms. The Balaban J connectivity index is 1.46. The molecule has 0 spiro atoms. The second kappa shape index (κ2) is 10.2. The summed E-state index contributed by atoms with van der Waals surface area (Å²) in [6, 6.07) is 24.2. The Morgan fingerprint density at radius 2 is 1.67 bits per heavy atom. The van der Waals surface area contributed by atoms with E-state index in [-0.39, 0.29) is 17.3 Å². The van der Waals surface area contributed by atoms with Crippen LogP contribution in [-0.2, 0) is 16.9 Å². The summed E-state index contributed by atoms with van der Waals surface area (Å²) in [6.45, 7) is 4.92. The molecule has 1 aliphatic rings. The number of likely N-dealkylation sites (tertiary alicyclic amines) is 1. The van der Waals surface area contributed by atoms with Crippen molar-refractivity contribution in [3.63, 3.8) is 0 Å². The third-order valence-corrected chi connectivity index (χ3v) is 8.58. The second-order valence-corrected chi connectivity index (χ2v) is 11.1. The molecule has 1 atom stereocenters. The molecule has 1 amide bonds. The summed E-state index contributed by atoms with van der Waals surface area (Å²) in [5.74, 6) is -0.106. The van der Waals surface area contributed by atoms with E-state index >= 15 is 0 Å². The maximum atomic E-state index is 13.7. The maximum absolute atomic E-state index is 13.7. The van der Waals surface area contributed by atoms with E-state index in [0.29, 0.717) is 10.5 Å². The van der Waals surface area contributed by atoms with Crippen LogP contribution < -0.4 is 4.87 Å². The van der Waals surface area contributed by atoms with E-state index in [2.05, 4.69) is 48.2 Å². The Morgan fingerprint density at radius 3 is 2.36 bits per heavy atom. The summed E-state index contributed by atoms with van der Waals surface area (Å²) in [4.78, 5) is 30.5. The summed E-state index contributed by atoms with van der Waals surface area (Å²) in [6.07, 6.45) is 2.36. The number of amides is 1. The van der Waals surface area contributed by atoms with Crippen molar-refractivity contribution in [2.75, 3.05) is 26.7 Å². The minimum absolute atomic E-state index is 0.0205. The van der Waals surface area contributed by atoms with Gasteiger partial charge in [-0.05, 0) is 67.7 Å². The van der Waals surface area contributed by atoms with Crippen LogP contribution >= 0.6 is 22.9 Å². The van der Waals surface area contributed by atoms with Crippen molar-refractivity contribution in [1.29, 1.82) is 0 Å². The Bertz CT molecular complexity index is 1420. The molecule has 3 aromatic carbocycles. The second-order valence-electron chi connectivity index (χ2n) is 9.72. The van der Waals surface area contributed by atoms with Gasteiger partial charge in [-0.3, -0.25) is 14.2 Å². The number of likely N-dealkylation sites (N-methyl/N-ethyl adjacent to an activating group) is 1. The molecule has 1 unspecified atom stereocenters. The minimum atomic E-state index is -0.552. The van der Waals surface area contributed by atoms with Gasteiger partial charge in [0.05, 0.1) is 15.8 Å². The predicted octanol–water partition coefficient (Wildman–Crippen LogP) is 5.85. The topological polar surface area (TPSA) is 45.6 Å². The summed E-state index contributed by atoms with van der Waals surface area (Å²) in [5.41, 5.74) is 3.54. The standard InChI is InChI=1S/C29H30ClN3O2S/c1-29(20-32-16-6-7-17-32,23-12-10-22(11-13-23)21-8-4-3-5-9-21)31(2)27(34)19-33-25-18-24(30)14-15-26(25)36-28(33)35/h3-5,8-15,18H,6-7,16-17,19-20H2,1-2H3. The first-order valence-electron chi connectivity index (χ1n) is 12.3. The van der Waals surface area contributed by atoms with E-state index in [1.807, 2.05) is 36.2 Å². The third-order valence-electron chi connectivity index (χ3n) is 7.38. The molecule has 186 valence electrons. The van der Waals surface area contributed by atoms with Gasteiger partial charge in [0.25, 0.3) is 0 Å². The SMILES string of the molecule is CN(C(=O)Cn1c(=O)sc2ccc(Cl)cc21)C(C)(CN1CCCC1)c1ccc(-c2ccccc2)cc1. The molecule has 2 heterocycles. The molecule has 0 radical (unpaired) electrons. The van der Waals surface area contributed by atoms with Crippen LogP contribution in [0, 0.1) is 0 Å². The number of benzene rings is 3. The van der Waals surface area contributed by atoms with Gasteiger partial charge in [0, 0.05) is 18.6 Å². The number of fused-ring (bicyclic) bond motifs is 1. The van der Waals surface area contributed by atoms with Crippen LogP contribution in [0.5, 0.6) is 0 Å². The van der Waals surface area contributed by atoms with Gasteiger partial charge in [-0.15, -0.1) is 0 Å². The molecular formula is C29H30ClN3O2S. The number of thiazole rings is 1. The van der Waals surface area contributed by atoms with Crippen molar-refractivity contribution < 1.29 is 4.79 Å². The predicted molar refractivity (Wildman–Crippen MR) is 149 cm³/mol. The number of hydrogen-bond donors (Lipinski definition) is 0. The van der Waals surface area contributed by atoms with E-state index in [1.165, 1.54) is 12.8 Å². The van der Waals surface area contributed by atoms with E-state index in [1.54, 1.807) is 16.7 Å². The molecule has 5 nitrogen and oxygen atoms in total. The lowest BCUT2D eigenvalue weighted by atomic mass is 9.88. The lowest BCUT2D eigenvalue weighted by Gasteiger charge is -2.42. The van der Waals surface area contributed by atoms with Crippen LogP contribution in [0.15, 0.2) is 77.6 Å². The van der Waals surface area contributed by atoms with Crippen LogP contribution in [0.25, 0.3) is 21.3 Å². The van der Waals surface area contributed by atoms with Crippen LogP contribution in [0.3, 0.4) is 0 Å². The quantitative estimate of drug-likeness (QED) is 0.307. The average Bonchev–Trinajstić information content (AvgIpc) is 3.51. The van der Waals surface area contributed by atoms with Gasteiger partial charge in [-0.1, -0.05) is 77.5 Å². The van der Waals surface area contributed by atoms with Crippen molar-refractivity contribution in [3.05, 3.63) is 93.0 Å². The summed E-state index contributed by atoms with van der Waals surface area (Å²) < 4.78 is 2.37. The van der Waals surface area contributed by atoms with Crippen molar-refractivity contribution in [1.82, 2.24) is 14.4 Å². The number of hydrogen-bond acceptors (Lipinski definition) is 4. The molecule has 0 N–H and O–H groups in total. The minimum Gasteiger partial charge on any atom is -0.333 e. The highest BCUT2D eigenvalue weighted by Gasteiger charge is 2.37. The van der Waals surface area contributed by atoms with Crippen molar-refractivity contribution >= 4 is 39.1 Å². The monoisotopic (exact) mass is 519 g/mol. The Hall–Kier alpha value is -2.93. The first-order valence-corrected chi connectivity index (χ1v) is 13.5. The summed E-state index contributed by atoms with van der Waals surface area (Å²) in [7, 11) is 1.86. The van der Waals surface area contributed by atoms with Crippen molar-refractivity contribution in [3.8, 4) is 11.1 Å². The zero-order valence-corrected chi connectivity index (χ0v) is 22.2. The van der Waals surface area contributed by atoms with Crippen LogP contribution in [-0.4, -0.2) is 47.0 Å². The highest BCUT2D eigenvalue weighted by atomic mass is 35.5. The Kier molecular flexibility index (Phi) is 7.02. The molecule has 36 heavy (non-hydrogen) atoms. The van der Waals surface area contributed by atoms with Gasteiger partial charge in [-0.2, -0.15) is 0 Å². The van der Waals surface area contributed by atoms with Gasteiger partial charge in [0.15, 0.2) is 0 Å². The van der Waals surface area contributed by atoms with Gasteiger partial charge in [0.1, 0.15) is 6.54 Å². The van der Waals surface area contributed by atoms with Crippen molar-refractivity contribution in [2.45, 2.75) is 31.8 Å². The molecule has 0 aliphatic carbocycles. The largest absolute Gasteiger partial charge is 0.333 e. The van der Waals surface area contributed by atoms with E-state index in [0.717, 1.165) is 52.4 Å². The smallest absolute Gasteiger partial charge is 0.308 e. The first kappa shape index (κ1) is 24.8. The highest BCUT2D eigenvalue weighted by molar-refractivity contribution is 7.16. The number of carbonyl (C=O) groups excluding carboxylic acids is 1. The third kappa shape index (κ3) is 4.85. The number of halogens is 1. The summed E-state index contributed by atoms with van der Waals surface area (Å²) in [5, 5.41) is 0.548. The number of rotatable bonds is 7. The average molecular weight is 520 g/mol. The Morgan fingerprint density at radius 1 is 1.00 bits per heavy atom. The van der Waals surface area contributed by atoms with Crippen molar-refractivity contribution in [2.24, 2.45) is 0 Å². The van der Waals surface area contributed by atoms with E-state index < -0.39 is 5.54 Å². The van der Waals surface area contributed by atoms with Crippen LogP contribution in [0.2, 0.25) is 5.02 Å². The maximum Gasteiger partial charge on any atom is 0.308 e. The molecule has 1 fully saturated rings. The van der Waals surface area contributed by atoms with Gasteiger partial charge in [-0.25, -0.2) is 0 Å². The van der Waals surface area contributed by atoms with E-state index in [4.69, 9.17) is 11.6 Å². The van der Waals surface area contributed by atoms with Gasteiger partial charge in [0.2, 0.25) is 5.91 Å². The van der Waals surface area contributed by atoms with Gasteiger partial charge >= 0.3 is 4.87 Å². The molecule has 1 aromatic heterocycles. The molecule has 0 saturated carbocycles. The molecule has 5 rings (SSSR count). The fraction of sp³-hybridized carbons (Fsp3) is 0.310. The number of nitrogens with zero attached hydrogens (tertiary/aromatic N) is 3. The molecule has 4 aromatic rings. The fourth-order valence-corrected chi connectivity index (χ4v) is 6.16. The number of aromatic nitrogens is 1. The van der Waals surface area contributed by atoms with Gasteiger partial charge < -0.3 is 9.80 Å². The Labute approximate surface area is 220 Å².